The summed E-state index contributed by atoms with van der Waals surface area (Å²) in [5.41, 5.74) is 16.4. The molecule has 0 amide bonds. The van der Waals surface area contributed by atoms with Gasteiger partial charge in [-0.05, 0) is 105 Å². The van der Waals surface area contributed by atoms with Crippen molar-refractivity contribution in [1.29, 1.82) is 0 Å². The number of nitrogens with zero attached hydrogens (tertiary/aromatic N) is 2. The lowest BCUT2D eigenvalue weighted by Crippen LogP contribution is -1.96. The minimum atomic E-state index is 0.908. The van der Waals surface area contributed by atoms with Crippen molar-refractivity contribution in [3.05, 3.63) is 182 Å². The Bertz CT molecular complexity index is 3580. The predicted octanol–water partition coefficient (Wildman–Crippen LogP) is 14.2. The molecule has 3 nitrogen and oxygen atoms in total. The molecule has 3 heteroatoms. The molecule has 55 heavy (non-hydrogen) atoms. The van der Waals surface area contributed by atoms with E-state index in [4.69, 9.17) is 4.42 Å². The van der Waals surface area contributed by atoms with Crippen molar-refractivity contribution in [2.24, 2.45) is 0 Å². The van der Waals surface area contributed by atoms with Crippen molar-refractivity contribution >= 4 is 76.3 Å². The largest absolute Gasteiger partial charge is 0.455 e. The summed E-state index contributed by atoms with van der Waals surface area (Å²) in [5, 5.41) is 9.62. The van der Waals surface area contributed by atoms with Crippen LogP contribution in [0.15, 0.2) is 186 Å². The minimum absolute atomic E-state index is 0.908. The molecule has 0 aliphatic heterocycles. The number of fused-ring (bicyclic) bond motifs is 14. The molecular formula is C52H30N2O. The molecule has 1 aliphatic rings. The lowest BCUT2D eigenvalue weighted by molar-refractivity contribution is 0.673. The molecule has 0 fully saturated rings. The van der Waals surface area contributed by atoms with E-state index >= 15 is 0 Å². The summed E-state index contributed by atoms with van der Waals surface area (Å²) in [7, 11) is 0. The maximum atomic E-state index is 6.80. The molecule has 254 valence electrons. The van der Waals surface area contributed by atoms with Crippen LogP contribution in [0.3, 0.4) is 0 Å². The van der Waals surface area contributed by atoms with E-state index < -0.39 is 0 Å². The Labute approximate surface area is 315 Å². The highest BCUT2D eigenvalue weighted by molar-refractivity contribution is 6.31. The summed E-state index contributed by atoms with van der Waals surface area (Å²) in [6.07, 6.45) is 0. The molecule has 3 aromatic heterocycles. The van der Waals surface area contributed by atoms with Crippen LogP contribution in [0.4, 0.5) is 0 Å². The van der Waals surface area contributed by atoms with Gasteiger partial charge in [-0.3, -0.25) is 0 Å². The van der Waals surface area contributed by atoms with Gasteiger partial charge in [0.1, 0.15) is 11.2 Å². The Morgan fingerprint density at radius 2 is 1.02 bits per heavy atom. The monoisotopic (exact) mass is 698 g/mol. The molecule has 3 heterocycles. The highest BCUT2D eigenvalue weighted by Gasteiger charge is 2.26. The lowest BCUT2D eigenvalue weighted by atomic mass is 10.0. The standard InChI is InChI=1S/C52H30N2O/c1-2-11-31(12-3-1)32-21-23-34(24-22-32)53-44-19-8-6-17-41(44)49-45(53)28-26-42-50-46(27-25-40-38-16-7-9-20-47(38)55-52(40)50)54(51(42)49)35-29-33-13-10-18-39-36-14-4-5-15-37(36)43(30-35)48(33)39/h1-30H. The zero-order valence-electron chi connectivity index (χ0n) is 29.6. The Morgan fingerprint density at radius 3 is 1.87 bits per heavy atom. The highest BCUT2D eigenvalue weighted by Crippen LogP contribution is 2.50. The van der Waals surface area contributed by atoms with Gasteiger partial charge in [0, 0.05) is 38.3 Å². The smallest absolute Gasteiger partial charge is 0.145 e. The topological polar surface area (TPSA) is 23.0 Å². The van der Waals surface area contributed by atoms with Crippen LogP contribution in [-0.2, 0) is 0 Å². The average Bonchev–Trinajstić information content (AvgIpc) is 3.98. The maximum absolute atomic E-state index is 6.80. The number of furan rings is 1. The summed E-state index contributed by atoms with van der Waals surface area (Å²) in [4.78, 5) is 0. The van der Waals surface area contributed by atoms with E-state index in [1.807, 2.05) is 0 Å². The second-order valence-electron chi connectivity index (χ2n) is 14.8. The first-order valence-electron chi connectivity index (χ1n) is 18.9. The molecule has 9 aromatic carbocycles. The molecule has 0 radical (unpaired) electrons. The SMILES string of the molecule is c1ccc(-c2ccc(-n3c4ccccc4c4c3ccc3c5c6oc7ccccc7c6ccc5n(-c5cc6c7c(cccc7c5)-c5ccccc5-6)c34)cc2)cc1. The Balaban J connectivity index is 1.18. The normalized spacial score (nSPS) is 12.4. The Hall–Kier alpha value is -7.36. The number of benzene rings is 9. The predicted molar refractivity (Wildman–Crippen MR) is 230 cm³/mol. The molecule has 12 aromatic rings. The Morgan fingerprint density at radius 1 is 0.345 bits per heavy atom. The van der Waals surface area contributed by atoms with E-state index in [9.17, 15) is 0 Å². The first-order chi connectivity index (χ1) is 27.3. The summed E-state index contributed by atoms with van der Waals surface area (Å²) >= 11 is 0. The summed E-state index contributed by atoms with van der Waals surface area (Å²) < 4.78 is 11.7. The van der Waals surface area contributed by atoms with E-state index in [1.165, 1.54) is 76.9 Å². The van der Waals surface area contributed by atoms with Gasteiger partial charge in [-0.2, -0.15) is 0 Å². The van der Waals surface area contributed by atoms with Crippen LogP contribution in [0, 0.1) is 0 Å². The van der Waals surface area contributed by atoms with Crippen molar-refractivity contribution in [2.45, 2.75) is 0 Å². The maximum Gasteiger partial charge on any atom is 0.145 e. The van der Waals surface area contributed by atoms with Crippen molar-refractivity contribution in [3.63, 3.8) is 0 Å². The third kappa shape index (κ3) is 3.84. The van der Waals surface area contributed by atoms with Gasteiger partial charge in [-0.25, -0.2) is 0 Å². The van der Waals surface area contributed by atoms with Gasteiger partial charge in [-0.1, -0.05) is 121 Å². The van der Waals surface area contributed by atoms with Crippen LogP contribution in [-0.4, -0.2) is 9.13 Å². The molecule has 0 N–H and O–H groups in total. The number of para-hydroxylation sites is 2. The first kappa shape index (κ1) is 29.1. The molecule has 0 saturated carbocycles. The van der Waals surface area contributed by atoms with Crippen molar-refractivity contribution in [3.8, 4) is 44.8 Å². The third-order valence-corrected chi connectivity index (χ3v) is 12.0. The summed E-state index contributed by atoms with van der Waals surface area (Å²) in [5.74, 6) is 0. The quantitative estimate of drug-likeness (QED) is 0.180. The van der Waals surface area contributed by atoms with E-state index in [0.29, 0.717) is 0 Å². The van der Waals surface area contributed by atoms with Gasteiger partial charge in [-0.15, -0.1) is 0 Å². The molecule has 13 rings (SSSR count). The van der Waals surface area contributed by atoms with E-state index in [2.05, 4.69) is 191 Å². The molecule has 0 unspecified atom stereocenters. The van der Waals surface area contributed by atoms with E-state index in [0.717, 1.165) is 44.2 Å². The second-order valence-corrected chi connectivity index (χ2v) is 14.8. The molecular weight excluding hydrogens is 669 g/mol. The molecule has 0 bridgehead atoms. The fourth-order valence-corrected chi connectivity index (χ4v) is 9.73. The third-order valence-electron chi connectivity index (χ3n) is 12.0. The zero-order valence-corrected chi connectivity index (χ0v) is 29.6. The molecule has 1 aliphatic carbocycles. The fourth-order valence-electron chi connectivity index (χ4n) is 9.73. The van der Waals surface area contributed by atoms with Gasteiger partial charge in [0.25, 0.3) is 0 Å². The number of hydrogen-bond donors (Lipinski definition) is 0. The van der Waals surface area contributed by atoms with Gasteiger partial charge in [0.05, 0.1) is 27.5 Å². The van der Waals surface area contributed by atoms with Crippen LogP contribution >= 0.6 is 0 Å². The van der Waals surface area contributed by atoms with E-state index in [-0.39, 0.29) is 0 Å². The molecule has 0 saturated heterocycles. The molecule has 0 atom stereocenters. The number of rotatable bonds is 3. The first-order valence-corrected chi connectivity index (χ1v) is 18.9. The minimum Gasteiger partial charge on any atom is -0.455 e. The lowest BCUT2D eigenvalue weighted by Gasteiger charge is -2.13. The van der Waals surface area contributed by atoms with Crippen LogP contribution in [0.5, 0.6) is 0 Å². The number of aromatic nitrogens is 2. The fraction of sp³-hybridized carbons (Fsp3) is 0. The average molecular weight is 699 g/mol. The van der Waals surface area contributed by atoms with Crippen LogP contribution < -0.4 is 0 Å². The van der Waals surface area contributed by atoms with Gasteiger partial charge >= 0.3 is 0 Å². The van der Waals surface area contributed by atoms with Crippen LogP contribution in [0.2, 0.25) is 0 Å². The second kappa shape index (κ2) is 10.6. The number of hydrogen-bond acceptors (Lipinski definition) is 1. The van der Waals surface area contributed by atoms with Gasteiger partial charge in [0.2, 0.25) is 0 Å². The van der Waals surface area contributed by atoms with Crippen molar-refractivity contribution in [1.82, 2.24) is 9.13 Å². The van der Waals surface area contributed by atoms with Crippen molar-refractivity contribution < 1.29 is 4.42 Å². The summed E-state index contributed by atoms with van der Waals surface area (Å²) in [6.45, 7) is 0. The summed E-state index contributed by atoms with van der Waals surface area (Å²) in [6, 6.07) is 66.4. The van der Waals surface area contributed by atoms with Crippen LogP contribution in [0.1, 0.15) is 0 Å². The van der Waals surface area contributed by atoms with Crippen LogP contribution in [0.25, 0.3) is 121 Å². The van der Waals surface area contributed by atoms with E-state index in [1.54, 1.807) is 0 Å². The highest BCUT2D eigenvalue weighted by atomic mass is 16.3. The van der Waals surface area contributed by atoms with Gasteiger partial charge in [0.15, 0.2) is 0 Å². The van der Waals surface area contributed by atoms with Gasteiger partial charge < -0.3 is 13.6 Å². The Kier molecular flexibility index (Phi) is 5.63. The zero-order chi connectivity index (χ0) is 35.8. The van der Waals surface area contributed by atoms with Crippen molar-refractivity contribution in [2.75, 3.05) is 0 Å². The molecule has 0 spiro atoms.